The third-order valence-electron chi connectivity index (χ3n) is 6.14. The van der Waals surface area contributed by atoms with Gasteiger partial charge in [0.1, 0.15) is 0 Å². The molecule has 2 fully saturated rings. The van der Waals surface area contributed by atoms with Crippen LogP contribution in [-0.2, 0) is 17.8 Å². The van der Waals surface area contributed by atoms with Crippen LogP contribution in [0, 0.1) is 0 Å². The first-order chi connectivity index (χ1) is 15.6. The lowest BCUT2D eigenvalue weighted by Crippen LogP contribution is -2.48. The molecule has 2 aliphatic rings. The lowest BCUT2D eigenvalue weighted by atomic mass is 10.2. The van der Waals surface area contributed by atoms with Gasteiger partial charge in [0.05, 0.1) is 6.54 Å². The maximum Gasteiger partial charge on any atom is 0.253 e. The molecule has 3 heterocycles. The first kappa shape index (κ1) is 22.9. The molecule has 0 aliphatic carbocycles. The van der Waals surface area contributed by atoms with Gasteiger partial charge in [-0.25, -0.2) is 0 Å². The molecule has 0 radical (unpaired) electrons. The van der Waals surface area contributed by atoms with Crippen LogP contribution in [0.3, 0.4) is 0 Å². The zero-order valence-corrected chi connectivity index (χ0v) is 19.9. The van der Waals surface area contributed by atoms with E-state index < -0.39 is 0 Å². The van der Waals surface area contributed by atoms with Crippen LogP contribution in [0.4, 0.5) is 0 Å². The van der Waals surface area contributed by atoms with Gasteiger partial charge in [-0.15, -0.1) is 0 Å². The molecule has 2 saturated heterocycles. The van der Waals surface area contributed by atoms with E-state index in [1.807, 2.05) is 34.1 Å². The Morgan fingerprint density at radius 2 is 1.59 bits per heavy atom. The van der Waals surface area contributed by atoms with Gasteiger partial charge in [0.2, 0.25) is 11.8 Å². The summed E-state index contributed by atoms with van der Waals surface area (Å²) in [5.74, 6) is 1.40. The van der Waals surface area contributed by atoms with Gasteiger partial charge < -0.3 is 14.3 Å². The fourth-order valence-corrected chi connectivity index (χ4v) is 4.50. The lowest BCUT2D eigenvalue weighted by Gasteiger charge is -2.34. The molecule has 1 aromatic heterocycles. The molecule has 9 heteroatoms. The minimum Gasteiger partial charge on any atom is -0.343 e. The quantitative estimate of drug-likeness (QED) is 0.602. The predicted molar refractivity (Wildman–Crippen MR) is 123 cm³/mol. The number of hydrogen-bond donors (Lipinski definition) is 0. The summed E-state index contributed by atoms with van der Waals surface area (Å²) < 4.78 is 6.33. The van der Waals surface area contributed by atoms with Crippen molar-refractivity contribution in [3.63, 3.8) is 0 Å². The van der Waals surface area contributed by atoms with Crippen LogP contribution in [0.2, 0.25) is 0 Å². The van der Waals surface area contributed by atoms with Gasteiger partial charge >= 0.3 is 0 Å². The number of piperazine rings is 1. The number of amides is 2. The highest BCUT2D eigenvalue weighted by atomic mass is 79.9. The van der Waals surface area contributed by atoms with Gasteiger partial charge in [0.15, 0.2) is 5.82 Å². The molecule has 172 valence electrons. The highest BCUT2D eigenvalue weighted by molar-refractivity contribution is 9.10. The average molecular weight is 504 g/mol. The fourth-order valence-electron chi connectivity index (χ4n) is 4.23. The Bertz CT molecular complexity index is 901. The highest BCUT2D eigenvalue weighted by Gasteiger charge is 2.23. The van der Waals surface area contributed by atoms with Crippen LogP contribution in [-0.4, -0.2) is 75.9 Å². The van der Waals surface area contributed by atoms with E-state index in [0.717, 1.165) is 43.5 Å². The number of carbonyl (C=O) groups excluding carboxylic acids is 2. The van der Waals surface area contributed by atoms with Crippen LogP contribution in [0.1, 0.15) is 54.2 Å². The molecule has 2 aliphatic heterocycles. The Balaban J connectivity index is 1.21. The summed E-state index contributed by atoms with van der Waals surface area (Å²) in [5, 5.41) is 4.09. The van der Waals surface area contributed by atoms with Gasteiger partial charge in [-0.1, -0.05) is 33.9 Å². The van der Waals surface area contributed by atoms with E-state index in [1.165, 1.54) is 12.8 Å². The van der Waals surface area contributed by atoms with Crippen molar-refractivity contribution >= 4 is 27.7 Å². The van der Waals surface area contributed by atoms with Crippen molar-refractivity contribution in [3.8, 4) is 0 Å². The summed E-state index contributed by atoms with van der Waals surface area (Å²) in [6.45, 7) is 5.19. The van der Waals surface area contributed by atoms with Crippen molar-refractivity contribution in [2.24, 2.45) is 0 Å². The molecule has 4 rings (SSSR count). The van der Waals surface area contributed by atoms with E-state index in [4.69, 9.17) is 4.52 Å². The van der Waals surface area contributed by atoms with Crippen molar-refractivity contribution in [2.45, 2.75) is 45.1 Å². The van der Waals surface area contributed by atoms with Gasteiger partial charge in [-0.2, -0.15) is 4.98 Å². The summed E-state index contributed by atoms with van der Waals surface area (Å²) in [5.41, 5.74) is 0.708. The monoisotopic (exact) mass is 503 g/mol. The normalized spacial score (nSPS) is 17.9. The average Bonchev–Trinajstić information content (AvgIpc) is 3.07. The smallest absolute Gasteiger partial charge is 0.253 e. The number of benzene rings is 1. The molecule has 0 bridgehead atoms. The minimum atomic E-state index is 0.0630. The lowest BCUT2D eigenvalue weighted by molar-refractivity contribution is -0.131. The number of nitrogens with zero attached hydrogens (tertiary/aromatic N) is 5. The second-order valence-electron chi connectivity index (χ2n) is 8.47. The van der Waals surface area contributed by atoms with Gasteiger partial charge in [0.25, 0.3) is 5.91 Å². The summed E-state index contributed by atoms with van der Waals surface area (Å²) >= 11 is 3.40. The minimum absolute atomic E-state index is 0.0630. The second kappa shape index (κ2) is 11.0. The topological polar surface area (TPSA) is 82.8 Å². The number of rotatable bonds is 6. The molecule has 2 aromatic rings. The number of aryl methyl sites for hydroxylation is 1. The number of hydrogen-bond acceptors (Lipinski definition) is 6. The zero-order valence-electron chi connectivity index (χ0n) is 18.3. The number of aromatic nitrogens is 2. The largest absolute Gasteiger partial charge is 0.343 e. The van der Waals surface area contributed by atoms with E-state index >= 15 is 0 Å². The van der Waals surface area contributed by atoms with Crippen LogP contribution in [0.25, 0.3) is 0 Å². The first-order valence-electron chi connectivity index (χ1n) is 11.4. The van der Waals surface area contributed by atoms with Crippen LogP contribution in [0.5, 0.6) is 0 Å². The maximum absolute atomic E-state index is 12.7. The summed E-state index contributed by atoms with van der Waals surface area (Å²) in [6, 6.07) is 7.46. The molecule has 0 spiro atoms. The van der Waals surface area contributed by atoms with Crippen molar-refractivity contribution in [1.82, 2.24) is 24.8 Å². The highest BCUT2D eigenvalue weighted by Crippen LogP contribution is 2.15. The molecular formula is C23H30BrN5O3. The molecular weight excluding hydrogens is 474 g/mol. The fraction of sp³-hybridized carbons (Fsp3) is 0.565. The number of carbonyl (C=O) groups is 2. The Hall–Kier alpha value is -2.26. The number of likely N-dealkylation sites (tertiary alicyclic amines) is 1. The van der Waals surface area contributed by atoms with Gasteiger partial charge in [-0.05, 0) is 37.1 Å². The standard InChI is InChI=1S/C23H30BrN5O3/c24-19-7-5-18(6-8-19)23(31)29-15-13-27(14-16-29)17-20-25-21(32-26-20)9-10-22(30)28-11-3-1-2-4-12-28/h5-8H,1-4,9-17H2. The Morgan fingerprint density at radius 3 is 2.28 bits per heavy atom. The third-order valence-corrected chi connectivity index (χ3v) is 6.67. The van der Waals surface area contributed by atoms with E-state index in [0.29, 0.717) is 49.8 Å². The Labute approximate surface area is 197 Å². The SMILES string of the molecule is O=C(CCc1nc(CN2CCN(C(=O)c3ccc(Br)cc3)CC2)no1)N1CCCCCC1. The number of halogens is 1. The first-order valence-corrected chi connectivity index (χ1v) is 12.2. The molecule has 32 heavy (non-hydrogen) atoms. The molecule has 0 unspecified atom stereocenters. The Morgan fingerprint density at radius 1 is 0.906 bits per heavy atom. The second-order valence-corrected chi connectivity index (χ2v) is 9.39. The van der Waals surface area contributed by atoms with E-state index in [-0.39, 0.29) is 11.8 Å². The summed E-state index contributed by atoms with van der Waals surface area (Å²) in [6.07, 6.45) is 5.51. The van der Waals surface area contributed by atoms with E-state index in [2.05, 4.69) is 31.0 Å². The molecule has 1 aromatic carbocycles. The van der Waals surface area contributed by atoms with Gasteiger partial charge in [-0.3, -0.25) is 14.5 Å². The van der Waals surface area contributed by atoms with Crippen LogP contribution >= 0.6 is 15.9 Å². The summed E-state index contributed by atoms with van der Waals surface area (Å²) in [7, 11) is 0. The van der Waals surface area contributed by atoms with Crippen LogP contribution < -0.4 is 0 Å². The molecule has 0 N–H and O–H groups in total. The van der Waals surface area contributed by atoms with Crippen molar-refractivity contribution in [3.05, 3.63) is 46.0 Å². The zero-order chi connectivity index (χ0) is 22.3. The third kappa shape index (κ3) is 6.16. The predicted octanol–water partition coefficient (Wildman–Crippen LogP) is 3.13. The van der Waals surface area contributed by atoms with Gasteiger partial charge in [0, 0.05) is 62.1 Å². The Kier molecular flexibility index (Phi) is 7.91. The summed E-state index contributed by atoms with van der Waals surface area (Å²) in [4.78, 5) is 35.7. The molecule has 0 atom stereocenters. The van der Waals surface area contributed by atoms with E-state index in [9.17, 15) is 9.59 Å². The molecule has 8 nitrogen and oxygen atoms in total. The maximum atomic E-state index is 12.7. The van der Waals surface area contributed by atoms with Crippen molar-refractivity contribution in [1.29, 1.82) is 0 Å². The van der Waals surface area contributed by atoms with Crippen molar-refractivity contribution in [2.75, 3.05) is 39.3 Å². The molecule has 2 amide bonds. The van der Waals surface area contributed by atoms with Crippen LogP contribution in [0.15, 0.2) is 33.3 Å². The van der Waals surface area contributed by atoms with E-state index in [1.54, 1.807) is 0 Å². The van der Waals surface area contributed by atoms with Crippen molar-refractivity contribution < 1.29 is 14.1 Å². The molecule has 0 saturated carbocycles.